The average molecular weight is 414 g/mol. The third-order valence-electron chi connectivity index (χ3n) is 3.94. The third-order valence-corrected chi connectivity index (χ3v) is 4.30. The van der Waals surface area contributed by atoms with Crippen LogP contribution in [0.4, 0.5) is 20.6 Å². The molecule has 0 fully saturated rings. The molecule has 1 heterocycles. The van der Waals surface area contributed by atoms with Gasteiger partial charge in [0.05, 0.1) is 11.4 Å². The maximum absolute atomic E-state index is 13.1. The molecule has 2 aromatic carbocycles. The smallest absolute Gasteiger partial charge is 0.316 e. The van der Waals surface area contributed by atoms with Gasteiger partial charge in [-0.15, -0.1) is 0 Å². The van der Waals surface area contributed by atoms with E-state index in [1.54, 1.807) is 49.4 Å². The first kappa shape index (κ1) is 20.1. The number of amides is 3. The number of carbonyl (C=O) groups is 2. The maximum atomic E-state index is 13.1. The Balaban J connectivity index is 1.71. The number of hydrogen-bond acceptors (Lipinski definition) is 3. The van der Waals surface area contributed by atoms with E-state index in [0.29, 0.717) is 33.5 Å². The number of carbonyl (C=O) groups excluding carboxylic acids is 2. The van der Waals surface area contributed by atoms with Gasteiger partial charge >= 0.3 is 6.03 Å². The number of primary amides is 1. The Kier molecular flexibility index (Phi) is 5.94. The van der Waals surface area contributed by atoms with Crippen LogP contribution in [0.2, 0.25) is 5.15 Å². The van der Waals surface area contributed by atoms with Gasteiger partial charge in [-0.1, -0.05) is 11.6 Å². The summed E-state index contributed by atoms with van der Waals surface area (Å²) in [7, 11) is 0. The van der Waals surface area contributed by atoms with Crippen molar-refractivity contribution in [2.24, 2.45) is 5.73 Å². The number of aromatic nitrogens is 2. The van der Waals surface area contributed by atoms with Crippen molar-refractivity contribution in [2.75, 3.05) is 10.6 Å². The largest absolute Gasteiger partial charge is 0.351 e. The van der Waals surface area contributed by atoms with E-state index in [-0.39, 0.29) is 11.7 Å². The highest BCUT2D eigenvalue weighted by Crippen LogP contribution is 2.25. The molecule has 0 saturated heterocycles. The monoisotopic (exact) mass is 413 g/mol. The number of benzene rings is 2. The van der Waals surface area contributed by atoms with Crippen LogP contribution in [0.25, 0.3) is 11.8 Å². The van der Waals surface area contributed by atoms with E-state index in [1.165, 1.54) is 22.9 Å². The molecule has 3 rings (SSSR count). The summed E-state index contributed by atoms with van der Waals surface area (Å²) in [6.45, 7) is 1.76. The molecule has 0 aliphatic rings. The van der Waals surface area contributed by atoms with Crippen LogP contribution in [0.15, 0.2) is 54.6 Å². The zero-order valence-corrected chi connectivity index (χ0v) is 16.1. The summed E-state index contributed by atoms with van der Waals surface area (Å²) in [5.41, 5.74) is 7.90. The van der Waals surface area contributed by atoms with Crippen molar-refractivity contribution in [3.05, 3.63) is 76.8 Å². The molecular formula is C20H17ClFN5O2. The molecule has 29 heavy (non-hydrogen) atoms. The van der Waals surface area contributed by atoms with E-state index in [9.17, 15) is 14.0 Å². The minimum atomic E-state index is -0.668. The molecule has 1 aromatic heterocycles. The van der Waals surface area contributed by atoms with Gasteiger partial charge in [-0.2, -0.15) is 5.10 Å². The fourth-order valence-corrected chi connectivity index (χ4v) is 2.91. The minimum Gasteiger partial charge on any atom is -0.351 e. The lowest BCUT2D eigenvalue weighted by Gasteiger charge is -2.05. The molecule has 0 radical (unpaired) electrons. The molecule has 0 aliphatic carbocycles. The van der Waals surface area contributed by atoms with Gasteiger partial charge in [0.15, 0.2) is 0 Å². The zero-order valence-electron chi connectivity index (χ0n) is 15.3. The van der Waals surface area contributed by atoms with Gasteiger partial charge in [-0.3, -0.25) is 4.79 Å². The number of hydrogen-bond donors (Lipinski definition) is 3. The second-order valence-electron chi connectivity index (χ2n) is 6.07. The Morgan fingerprint density at radius 2 is 1.66 bits per heavy atom. The normalized spacial score (nSPS) is 10.9. The lowest BCUT2D eigenvalue weighted by molar-refractivity contribution is -0.111. The Morgan fingerprint density at radius 1 is 1.07 bits per heavy atom. The molecule has 0 unspecified atom stereocenters. The standard InChI is InChI=1S/C20H17ClFN5O2/c1-12-17(19(21)27(26-12)16-8-2-13(22)3-9-16)10-11-18(28)24-14-4-6-15(7-5-14)25-20(23)29/h2-11H,1H3,(H,24,28)(H3,23,25,29)/b11-10+. The van der Waals surface area contributed by atoms with E-state index in [1.807, 2.05) is 0 Å². The number of aryl methyl sites for hydroxylation is 1. The number of nitrogens with one attached hydrogen (secondary N) is 2. The SMILES string of the molecule is Cc1nn(-c2ccc(F)cc2)c(Cl)c1/C=C/C(=O)Nc1ccc(NC(N)=O)cc1. The van der Waals surface area contributed by atoms with E-state index in [0.717, 1.165) is 0 Å². The second kappa shape index (κ2) is 8.57. The first-order chi connectivity index (χ1) is 13.8. The van der Waals surface area contributed by atoms with Gasteiger partial charge < -0.3 is 16.4 Å². The summed E-state index contributed by atoms with van der Waals surface area (Å²) in [5, 5.41) is 9.77. The first-order valence-electron chi connectivity index (χ1n) is 8.50. The summed E-state index contributed by atoms with van der Waals surface area (Å²) in [6.07, 6.45) is 2.89. The third kappa shape index (κ3) is 4.99. The molecular weight excluding hydrogens is 397 g/mol. The molecule has 0 spiro atoms. The number of urea groups is 1. The molecule has 0 saturated carbocycles. The van der Waals surface area contributed by atoms with E-state index >= 15 is 0 Å². The number of nitrogens with two attached hydrogens (primary N) is 1. The number of nitrogens with zero attached hydrogens (tertiary/aromatic N) is 2. The molecule has 148 valence electrons. The summed E-state index contributed by atoms with van der Waals surface area (Å²) in [4.78, 5) is 23.0. The summed E-state index contributed by atoms with van der Waals surface area (Å²) < 4.78 is 14.6. The predicted molar refractivity (Wildman–Crippen MR) is 111 cm³/mol. The summed E-state index contributed by atoms with van der Waals surface area (Å²) >= 11 is 6.39. The van der Waals surface area contributed by atoms with Crippen molar-refractivity contribution in [3.8, 4) is 5.69 Å². The van der Waals surface area contributed by atoms with Crippen LogP contribution in [0.3, 0.4) is 0 Å². The van der Waals surface area contributed by atoms with Gasteiger partial charge in [0.25, 0.3) is 0 Å². The van der Waals surface area contributed by atoms with Crippen LogP contribution in [0.1, 0.15) is 11.3 Å². The van der Waals surface area contributed by atoms with Gasteiger partial charge in [0, 0.05) is 23.0 Å². The van der Waals surface area contributed by atoms with Crippen molar-refractivity contribution in [1.29, 1.82) is 0 Å². The topological polar surface area (TPSA) is 102 Å². The van der Waals surface area contributed by atoms with Crippen LogP contribution in [-0.2, 0) is 4.79 Å². The van der Waals surface area contributed by atoms with Gasteiger partial charge in [0.1, 0.15) is 11.0 Å². The highest BCUT2D eigenvalue weighted by molar-refractivity contribution is 6.31. The Labute approximate surface area is 171 Å². The lowest BCUT2D eigenvalue weighted by atomic mass is 10.2. The lowest BCUT2D eigenvalue weighted by Crippen LogP contribution is -2.19. The number of rotatable bonds is 5. The highest BCUT2D eigenvalue weighted by Gasteiger charge is 2.13. The summed E-state index contributed by atoms with van der Waals surface area (Å²) in [6, 6.07) is 11.6. The van der Waals surface area contributed by atoms with Crippen molar-refractivity contribution in [2.45, 2.75) is 6.92 Å². The maximum Gasteiger partial charge on any atom is 0.316 e. The van der Waals surface area contributed by atoms with Crippen molar-refractivity contribution in [1.82, 2.24) is 9.78 Å². The zero-order chi connectivity index (χ0) is 21.0. The van der Waals surface area contributed by atoms with E-state index < -0.39 is 6.03 Å². The average Bonchev–Trinajstić information content (AvgIpc) is 2.96. The van der Waals surface area contributed by atoms with Gasteiger partial charge in [-0.25, -0.2) is 13.9 Å². The summed E-state index contributed by atoms with van der Waals surface area (Å²) in [5.74, 6) is -0.727. The molecule has 3 amide bonds. The first-order valence-corrected chi connectivity index (χ1v) is 8.88. The number of halogens is 2. The molecule has 3 aromatic rings. The Hall–Kier alpha value is -3.65. The van der Waals surface area contributed by atoms with Gasteiger partial charge in [-0.05, 0) is 61.5 Å². The van der Waals surface area contributed by atoms with Crippen molar-refractivity contribution < 1.29 is 14.0 Å². The molecule has 7 nitrogen and oxygen atoms in total. The van der Waals surface area contributed by atoms with Gasteiger partial charge in [0.2, 0.25) is 5.91 Å². The van der Waals surface area contributed by atoms with Crippen LogP contribution in [0, 0.1) is 12.7 Å². The highest BCUT2D eigenvalue weighted by atomic mass is 35.5. The molecule has 0 atom stereocenters. The molecule has 0 aliphatic heterocycles. The minimum absolute atomic E-state index is 0.306. The van der Waals surface area contributed by atoms with Crippen LogP contribution in [0.5, 0.6) is 0 Å². The predicted octanol–water partition coefficient (Wildman–Crippen LogP) is 4.12. The molecule has 4 N–H and O–H groups in total. The van der Waals surface area contributed by atoms with E-state index in [2.05, 4.69) is 15.7 Å². The van der Waals surface area contributed by atoms with Crippen LogP contribution >= 0.6 is 11.6 Å². The van der Waals surface area contributed by atoms with Crippen molar-refractivity contribution in [3.63, 3.8) is 0 Å². The Morgan fingerprint density at radius 3 is 2.24 bits per heavy atom. The molecule has 9 heteroatoms. The second-order valence-corrected chi connectivity index (χ2v) is 6.43. The van der Waals surface area contributed by atoms with Crippen molar-refractivity contribution >= 4 is 41.0 Å². The van der Waals surface area contributed by atoms with Crippen LogP contribution in [-0.4, -0.2) is 21.7 Å². The fourth-order valence-electron chi connectivity index (χ4n) is 2.58. The van der Waals surface area contributed by atoms with Crippen LogP contribution < -0.4 is 16.4 Å². The quantitative estimate of drug-likeness (QED) is 0.548. The Bertz CT molecular complexity index is 1080. The fraction of sp³-hybridized carbons (Fsp3) is 0.0500. The van der Waals surface area contributed by atoms with E-state index in [4.69, 9.17) is 17.3 Å². The number of anilines is 2. The molecule has 0 bridgehead atoms.